The zero-order valence-electron chi connectivity index (χ0n) is 56.5. The maximum absolute atomic E-state index is 14.3. The number of hydrogen-bond acceptors (Lipinski definition) is 16. The van der Waals surface area contributed by atoms with Crippen molar-refractivity contribution in [3.05, 3.63) is 220 Å². The fourth-order valence-electron chi connectivity index (χ4n) is 16.3. The number of carbonyl (C=O) groups excluding carboxylic acids is 6. The smallest absolute Gasteiger partial charge is 0.258 e. The molecule has 8 N–H and O–H groups in total. The van der Waals surface area contributed by atoms with E-state index >= 15 is 0 Å². The highest BCUT2D eigenvalue weighted by atomic mass is 16.7. The number of amides is 6. The van der Waals surface area contributed by atoms with E-state index < -0.39 is 24.2 Å². The van der Waals surface area contributed by atoms with Gasteiger partial charge in [0.1, 0.15) is 12.1 Å². The molecule has 24 heteroatoms. The second kappa shape index (κ2) is 26.9. The number of para-hydroxylation sites is 6. The van der Waals surface area contributed by atoms with Crippen molar-refractivity contribution in [2.45, 2.75) is 69.2 Å². The maximum atomic E-state index is 14.3. The molecule has 10 aromatic rings. The number of nitrogen functional groups attached to an aromatic ring is 2. The van der Waals surface area contributed by atoms with Gasteiger partial charge in [-0.05, 0) is 151 Å². The second-order valence-corrected chi connectivity index (χ2v) is 27.8. The van der Waals surface area contributed by atoms with Crippen molar-refractivity contribution in [2.24, 2.45) is 11.8 Å². The van der Waals surface area contributed by atoms with Crippen molar-refractivity contribution in [1.29, 1.82) is 0 Å². The van der Waals surface area contributed by atoms with Gasteiger partial charge in [-0.15, -0.1) is 0 Å². The van der Waals surface area contributed by atoms with Gasteiger partial charge in [-0.25, -0.2) is 9.97 Å². The number of nitrogens with two attached hydrogens (primary N) is 2. The Morgan fingerprint density at radius 2 is 0.951 bits per heavy atom. The monoisotopic (exact) mass is 1380 g/mol. The van der Waals surface area contributed by atoms with Crippen LogP contribution in [-0.4, -0.2) is 158 Å². The molecule has 8 aliphatic heterocycles. The number of piperidine rings is 2. The largest absolute Gasteiger partial charge is 0.454 e. The van der Waals surface area contributed by atoms with Crippen LogP contribution >= 0.6 is 0 Å². The van der Waals surface area contributed by atoms with Crippen LogP contribution in [0.1, 0.15) is 97.7 Å². The van der Waals surface area contributed by atoms with E-state index in [1.54, 1.807) is 46.2 Å². The molecule has 103 heavy (non-hydrogen) atoms. The van der Waals surface area contributed by atoms with E-state index in [9.17, 15) is 28.8 Å². The summed E-state index contributed by atoms with van der Waals surface area (Å²) in [4.78, 5) is 110. The van der Waals surface area contributed by atoms with E-state index in [1.165, 1.54) is 12.4 Å². The third kappa shape index (κ3) is 12.3. The number of aromatic amines is 2. The quantitative estimate of drug-likeness (QED) is 0.0586. The molecule has 3 aromatic heterocycles. The Morgan fingerprint density at radius 1 is 0.505 bits per heavy atom. The van der Waals surface area contributed by atoms with E-state index in [0.29, 0.717) is 108 Å². The molecule has 0 saturated carbocycles. The van der Waals surface area contributed by atoms with Crippen molar-refractivity contribution >= 4 is 85.9 Å². The molecule has 7 aromatic carbocycles. The molecule has 6 amide bonds. The first-order valence-corrected chi connectivity index (χ1v) is 35.2. The average molecular weight is 1380 g/mol. The lowest BCUT2D eigenvalue weighted by molar-refractivity contribution is -0.159. The number of nitrogens with one attached hydrogen (secondary N) is 4. The third-order valence-corrected chi connectivity index (χ3v) is 21.6. The van der Waals surface area contributed by atoms with Crippen molar-refractivity contribution in [1.82, 2.24) is 44.4 Å². The summed E-state index contributed by atoms with van der Waals surface area (Å²) in [5, 5.41) is 7.83. The highest BCUT2D eigenvalue weighted by molar-refractivity contribution is 6.06. The van der Waals surface area contributed by atoms with Crippen molar-refractivity contribution in [3.63, 3.8) is 0 Å². The van der Waals surface area contributed by atoms with Gasteiger partial charge in [0.25, 0.3) is 11.8 Å². The molecule has 11 heterocycles. The van der Waals surface area contributed by atoms with E-state index in [1.807, 2.05) is 119 Å². The Morgan fingerprint density at radius 3 is 1.45 bits per heavy atom. The predicted octanol–water partition coefficient (Wildman–Crippen LogP) is 9.45. The summed E-state index contributed by atoms with van der Waals surface area (Å²) < 4.78 is 22.5. The molecule has 0 radical (unpaired) electrons. The van der Waals surface area contributed by atoms with Gasteiger partial charge in [-0.2, -0.15) is 0 Å². The molecule has 0 bridgehead atoms. The van der Waals surface area contributed by atoms with Gasteiger partial charge in [-0.3, -0.25) is 33.7 Å². The Balaban J connectivity index is 0.000000153. The molecule has 0 unspecified atom stereocenters. The summed E-state index contributed by atoms with van der Waals surface area (Å²) >= 11 is 0. The highest BCUT2D eigenvalue weighted by Crippen LogP contribution is 2.48. The molecule has 18 rings (SSSR count). The number of ether oxygens (including phenoxy) is 4. The standard InChI is InChI=1S/C41H40N6O5.C38H36N8O5/c42-31-6-2-4-8-33(31)44-40(49)27-11-9-25(10-12-27)21-45-17-15-26(16-18-45)22-46-23-37(48)47-34(41(46)50)20-30-29-5-1-3-7-32(29)43-38(30)39(47)28-13-14-35-36(19-28)52-24-51-35;39-27-6-2-4-8-29(27)43-36(48)24-17-40-38(41-18-24)44-13-11-22(12-14-44)19-45-20-33(47)46-30(37(45)49)16-26-25-5-1-3-7-28(25)42-34(26)35(46)23-9-10-31-32(15-23)51-21-50-31/h1-14,19,26,34,39,43H,15-18,20-24,42H2,(H,44,49);1-10,15,17-18,22,30,35,42H,11-14,16,19-21,39H2,(H,43,48)/t34-,39+;30-,35+/m00/s1. The normalized spacial score (nSPS) is 20.1. The van der Waals surface area contributed by atoms with Gasteiger partial charge in [0, 0.05) is 96.7 Å². The maximum Gasteiger partial charge on any atom is 0.258 e. The summed E-state index contributed by atoms with van der Waals surface area (Å²) in [6, 6.07) is 47.7. The SMILES string of the molecule is Nc1ccccc1NC(=O)c1ccc(CN2CCC(CN3CC(=O)N4[C@H](c5ccc6c(c5)OCO6)c5[nH]c6ccccc6c5C[C@H]4C3=O)CC2)cc1.Nc1ccccc1NC(=O)c1cnc(N2CCC(CN3CC(=O)N4[C@H](c5ccc6c(c5)OCO6)c5[nH]c6ccccc6c5C[C@H]4C3=O)CC2)nc1. The van der Waals surface area contributed by atoms with Gasteiger partial charge in [0.2, 0.25) is 43.2 Å². The fraction of sp³-hybridized carbons (Fsp3) is 0.291. The van der Waals surface area contributed by atoms with Crippen LogP contribution < -0.4 is 45.9 Å². The molecular weight excluding hydrogens is 1300 g/mol. The third-order valence-electron chi connectivity index (χ3n) is 21.6. The Bertz CT molecular complexity index is 4990. The van der Waals surface area contributed by atoms with Crippen LogP contribution in [0.2, 0.25) is 0 Å². The van der Waals surface area contributed by atoms with Crippen LogP contribution in [0.15, 0.2) is 170 Å². The molecule has 4 saturated heterocycles. The fourth-order valence-corrected chi connectivity index (χ4v) is 16.3. The number of nitrogens with zero attached hydrogens (tertiary/aromatic N) is 8. The number of H-pyrrole nitrogens is 2. The Kier molecular flexibility index (Phi) is 16.8. The first kappa shape index (κ1) is 64.5. The first-order valence-electron chi connectivity index (χ1n) is 35.2. The molecule has 8 aliphatic rings. The van der Waals surface area contributed by atoms with E-state index in [0.717, 1.165) is 106 Å². The molecule has 4 fully saturated rings. The number of likely N-dealkylation sites (tertiary alicyclic amines) is 1. The summed E-state index contributed by atoms with van der Waals surface area (Å²) in [7, 11) is 0. The summed E-state index contributed by atoms with van der Waals surface area (Å²) in [5.74, 6) is 3.07. The lowest BCUT2D eigenvalue weighted by atomic mass is 9.85. The molecule has 24 nitrogen and oxygen atoms in total. The van der Waals surface area contributed by atoms with Crippen LogP contribution in [0, 0.1) is 11.8 Å². The molecule has 0 aliphatic carbocycles. The number of aromatic nitrogens is 4. The van der Waals surface area contributed by atoms with E-state index in [2.05, 4.69) is 52.5 Å². The number of anilines is 5. The Labute approximate surface area is 592 Å². The van der Waals surface area contributed by atoms with Gasteiger partial charge >= 0.3 is 0 Å². The minimum atomic E-state index is -0.615. The number of fused-ring (bicyclic) bond motifs is 10. The van der Waals surface area contributed by atoms with Gasteiger partial charge in [0.15, 0.2) is 23.0 Å². The number of rotatable bonds is 13. The zero-order valence-corrected chi connectivity index (χ0v) is 56.5. The summed E-state index contributed by atoms with van der Waals surface area (Å²) in [6.45, 7) is 5.51. The predicted molar refractivity (Wildman–Crippen MR) is 386 cm³/mol. The van der Waals surface area contributed by atoms with Crippen molar-refractivity contribution in [3.8, 4) is 23.0 Å². The summed E-state index contributed by atoms with van der Waals surface area (Å²) in [6.07, 6.45) is 7.48. The van der Waals surface area contributed by atoms with Gasteiger partial charge in [-0.1, -0.05) is 84.9 Å². The van der Waals surface area contributed by atoms with Crippen LogP contribution in [0.4, 0.5) is 28.7 Å². The summed E-state index contributed by atoms with van der Waals surface area (Å²) in [5.41, 5.74) is 23.9. The minimum absolute atomic E-state index is 0.0165. The number of carbonyl (C=O) groups is 6. The van der Waals surface area contributed by atoms with Crippen LogP contribution in [0.25, 0.3) is 21.8 Å². The van der Waals surface area contributed by atoms with Crippen molar-refractivity contribution in [2.75, 3.05) is 92.9 Å². The number of benzene rings is 7. The molecule has 522 valence electrons. The molecule has 0 spiro atoms. The minimum Gasteiger partial charge on any atom is -0.454 e. The highest BCUT2D eigenvalue weighted by Gasteiger charge is 2.51. The zero-order chi connectivity index (χ0) is 70.0. The van der Waals surface area contributed by atoms with Crippen LogP contribution in [0.3, 0.4) is 0 Å². The lowest BCUT2D eigenvalue weighted by Crippen LogP contribution is -2.63. The van der Waals surface area contributed by atoms with E-state index in [-0.39, 0.29) is 68.0 Å². The average Bonchev–Trinajstić information content (AvgIpc) is 1.66. The van der Waals surface area contributed by atoms with Crippen LogP contribution in [0.5, 0.6) is 23.0 Å². The topological polar surface area (TPSA) is 292 Å². The molecular formula is C79H76N14O10. The van der Waals surface area contributed by atoms with Crippen molar-refractivity contribution < 1.29 is 47.7 Å². The molecule has 4 atom stereocenters. The number of hydrogen-bond donors (Lipinski definition) is 6. The Hall–Kier alpha value is -11.9. The van der Waals surface area contributed by atoms with Gasteiger partial charge in [0.05, 0.1) is 53.5 Å². The lowest BCUT2D eigenvalue weighted by Gasteiger charge is -2.48. The number of piperazine rings is 2. The van der Waals surface area contributed by atoms with E-state index in [4.69, 9.17) is 30.4 Å². The first-order chi connectivity index (χ1) is 50.3. The second-order valence-electron chi connectivity index (χ2n) is 27.8. The van der Waals surface area contributed by atoms with Gasteiger partial charge < -0.3 is 75.5 Å². The van der Waals surface area contributed by atoms with Crippen LogP contribution in [-0.2, 0) is 38.6 Å².